The number of hydrogen-bond donors (Lipinski definition) is 0. The summed E-state index contributed by atoms with van der Waals surface area (Å²) in [6, 6.07) is 0. The molecule has 378 valence electrons. The Bertz CT molecular complexity index is 1040. The first-order chi connectivity index (χ1) is 31.3. The highest BCUT2D eigenvalue weighted by molar-refractivity contribution is 5.72. The van der Waals surface area contributed by atoms with E-state index < -0.39 is 0 Å². The van der Waals surface area contributed by atoms with Crippen molar-refractivity contribution in [1.82, 2.24) is 9.80 Å². The topological polar surface area (TPSA) is 85.4 Å². The van der Waals surface area contributed by atoms with Crippen molar-refractivity contribution in [2.24, 2.45) is 17.8 Å². The number of carbonyl (C=O) groups excluding carboxylic acids is 3. The average Bonchev–Trinajstić information content (AvgIpc) is 3.28. The molecule has 1 aliphatic rings. The summed E-state index contributed by atoms with van der Waals surface area (Å²) in [7, 11) is 2.19. The van der Waals surface area contributed by atoms with Crippen LogP contribution in [0.15, 0.2) is 0 Å². The Labute approximate surface area is 397 Å². The molecule has 0 aromatic heterocycles. The van der Waals surface area contributed by atoms with Gasteiger partial charge in [-0.3, -0.25) is 14.4 Å². The van der Waals surface area contributed by atoms with Gasteiger partial charge in [-0.05, 0) is 76.7 Å². The summed E-state index contributed by atoms with van der Waals surface area (Å²) in [4.78, 5) is 43.4. The molecule has 8 heteroatoms. The molecule has 1 fully saturated rings. The summed E-state index contributed by atoms with van der Waals surface area (Å²) in [6.07, 6.45) is 42.0. The number of hydrogen-bond acceptors (Lipinski definition) is 8. The molecule has 2 unspecified atom stereocenters. The average molecular weight is 905 g/mol. The molecule has 1 saturated heterocycles. The zero-order valence-corrected chi connectivity index (χ0v) is 43.4. The lowest BCUT2D eigenvalue weighted by atomic mass is 9.92. The minimum absolute atomic E-state index is 0.00735. The fourth-order valence-electron chi connectivity index (χ4n) is 9.53. The number of nitrogens with zero attached hydrogens (tertiary/aromatic N) is 2. The highest BCUT2D eigenvalue weighted by Gasteiger charge is 2.21. The Hall–Kier alpha value is -1.67. The van der Waals surface area contributed by atoms with Gasteiger partial charge in [-0.15, -0.1) is 0 Å². The summed E-state index contributed by atoms with van der Waals surface area (Å²) >= 11 is 0. The molecule has 0 N–H and O–H groups in total. The van der Waals surface area contributed by atoms with E-state index in [4.69, 9.17) is 14.2 Å². The monoisotopic (exact) mass is 905 g/mol. The molecule has 0 radical (unpaired) electrons. The quantitative estimate of drug-likeness (QED) is 0.0339. The van der Waals surface area contributed by atoms with E-state index in [1.165, 1.54) is 135 Å². The Kier molecular flexibility index (Phi) is 42.6. The minimum Gasteiger partial charge on any atom is -0.466 e. The zero-order chi connectivity index (χ0) is 46.6. The van der Waals surface area contributed by atoms with Crippen LogP contribution in [0.5, 0.6) is 0 Å². The van der Waals surface area contributed by atoms with Gasteiger partial charge < -0.3 is 24.0 Å². The molecule has 8 nitrogen and oxygen atoms in total. The van der Waals surface area contributed by atoms with Crippen LogP contribution in [-0.2, 0) is 28.6 Å². The van der Waals surface area contributed by atoms with Gasteiger partial charge in [-0.2, -0.15) is 0 Å². The standard InChI is InChI=1S/C56H108N2O6/c1-6-10-14-21-29-38-52(37-28-13-9-4)50-55(60)63-47-33-25-20-18-23-31-40-53(56(61)64-48-34-41-58-44-42-57(5)43-45-58)39-30-22-17-15-16-19-24-32-46-62-54(59)49-51(35-26-11-7-2)36-27-12-8-3/h51-53H,6-50H2,1-5H3. The van der Waals surface area contributed by atoms with E-state index >= 15 is 0 Å². The Morgan fingerprint density at radius 3 is 1.14 bits per heavy atom. The fraction of sp³-hybridized carbons (Fsp3) is 0.946. The third-order valence-corrected chi connectivity index (χ3v) is 14.0. The number of rotatable bonds is 47. The van der Waals surface area contributed by atoms with Gasteiger partial charge in [-0.1, -0.05) is 195 Å². The minimum atomic E-state index is 0.00735. The highest BCUT2D eigenvalue weighted by atomic mass is 16.5. The molecule has 0 aromatic rings. The van der Waals surface area contributed by atoms with E-state index in [0.29, 0.717) is 44.5 Å². The van der Waals surface area contributed by atoms with Crippen molar-refractivity contribution in [1.29, 1.82) is 0 Å². The maximum Gasteiger partial charge on any atom is 0.308 e. The van der Waals surface area contributed by atoms with E-state index in [-0.39, 0.29) is 23.8 Å². The molecule has 64 heavy (non-hydrogen) atoms. The van der Waals surface area contributed by atoms with Crippen molar-refractivity contribution in [3.63, 3.8) is 0 Å². The van der Waals surface area contributed by atoms with Gasteiger partial charge in [0.15, 0.2) is 0 Å². The molecule has 0 saturated carbocycles. The molecule has 0 spiro atoms. The number of carbonyl (C=O) groups is 3. The van der Waals surface area contributed by atoms with Crippen LogP contribution in [0.4, 0.5) is 0 Å². The van der Waals surface area contributed by atoms with Gasteiger partial charge in [0.25, 0.3) is 0 Å². The Morgan fingerprint density at radius 2 is 0.719 bits per heavy atom. The normalized spacial score (nSPS) is 14.5. The first-order valence-corrected chi connectivity index (χ1v) is 28.2. The van der Waals surface area contributed by atoms with Crippen molar-refractivity contribution in [2.75, 3.05) is 59.6 Å². The van der Waals surface area contributed by atoms with Crippen LogP contribution >= 0.6 is 0 Å². The lowest BCUT2D eigenvalue weighted by molar-refractivity contribution is -0.149. The van der Waals surface area contributed by atoms with Crippen LogP contribution in [0.2, 0.25) is 0 Å². The van der Waals surface area contributed by atoms with Gasteiger partial charge in [0.2, 0.25) is 0 Å². The van der Waals surface area contributed by atoms with Crippen LogP contribution < -0.4 is 0 Å². The molecule has 2 atom stereocenters. The molecular weight excluding hydrogens is 797 g/mol. The SMILES string of the molecule is CCCCCCCC(CCCCC)CC(=O)OCCCCCCCCC(CCCCCCCCCCOC(=O)CC(CCCCC)CCCCC)C(=O)OCCCN1CCN(C)CC1. The van der Waals surface area contributed by atoms with E-state index in [0.717, 1.165) is 123 Å². The predicted octanol–water partition coefficient (Wildman–Crippen LogP) is 15.2. The molecule has 0 amide bonds. The van der Waals surface area contributed by atoms with Gasteiger partial charge in [0, 0.05) is 45.6 Å². The van der Waals surface area contributed by atoms with E-state index in [1.54, 1.807) is 0 Å². The summed E-state index contributed by atoms with van der Waals surface area (Å²) < 4.78 is 17.3. The summed E-state index contributed by atoms with van der Waals surface area (Å²) in [5.74, 6) is 1.03. The summed E-state index contributed by atoms with van der Waals surface area (Å²) in [5, 5.41) is 0. The molecule has 1 heterocycles. The van der Waals surface area contributed by atoms with Crippen molar-refractivity contribution in [3.8, 4) is 0 Å². The zero-order valence-electron chi connectivity index (χ0n) is 43.4. The molecule has 0 bridgehead atoms. The second-order valence-corrected chi connectivity index (χ2v) is 20.2. The number of likely N-dealkylation sites (N-methyl/N-ethyl adjacent to an activating group) is 1. The number of piperazine rings is 1. The number of ether oxygens (including phenoxy) is 3. The van der Waals surface area contributed by atoms with Crippen LogP contribution in [0.1, 0.15) is 265 Å². The first-order valence-electron chi connectivity index (χ1n) is 28.2. The van der Waals surface area contributed by atoms with Crippen LogP contribution in [0, 0.1) is 17.8 Å². The molecule has 0 aromatic carbocycles. The molecule has 1 rings (SSSR count). The third kappa shape index (κ3) is 37.4. The number of unbranched alkanes of at least 4 members (excludes halogenated alkanes) is 22. The predicted molar refractivity (Wildman–Crippen MR) is 271 cm³/mol. The van der Waals surface area contributed by atoms with Crippen molar-refractivity contribution in [3.05, 3.63) is 0 Å². The smallest absolute Gasteiger partial charge is 0.308 e. The summed E-state index contributed by atoms with van der Waals surface area (Å²) in [6.45, 7) is 16.1. The maximum atomic E-state index is 13.3. The fourth-order valence-corrected chi connectivity index (χ4v) is 9.53. The third-order valence-electron chi connectivity index (χ3n) is 14.0. The molecule has 1 aliphatic heterocycles. The van der Waals surface area contributed by atoms with Crippen molar-refractivity contribution in [2.45, 2.75) is 265 Å². The van der Waals surface area contributed by atoms with Gasteiger partial charge in [0.1, 0.15) is 0 Å². The molecular formula is C56H108N2O6. The van der Waals surface area contributed by atoms with Gasteiger partial charge in [-0.25, -0.2) is 0 Å². The summed E-state index contributed by atoms with van der Waals surface area (Å²) in [5.41, 5.74) is 0. The lowest BCUT2D eigenvalue weighted by Gasteiger charge is -2.32. The highest BCUT2D eigenvalue weighted by Crippen LogP contribution is 2.25. The van der Waals surface area contributed by atoms with Crippen molar-refractivity contribution < 1.29 is 28.6 Å². The van der Waals surface area contributed by atoms with Gasteiger partial charge >= 0.3 is 17.9 Å². The number of esters is 3. The van der Waals surface area contributed by atoms with E-state index in [2.05, 4.69) is 44.5 Å². The second-order valence-electron chi connectivity index (χ2n) is 20.2. The Morgan fingerprint density at radius 1 is 0.391 bits per heavy atom. The Balaban J connectivity index is 2.31. The largest absolute Gasteiger partial charge is 0.466 e. The second kappa shape index (κ2) is 45.1. The van der Waals surface area contributed by atoms with E-state index in [1.807, 2.05) is 0 Å². The van der Waals surface area contributed by atoms with Gasteiger partial charge in [0.05, 0.1) is 25.7 Å². The maximum absolute atomic E-state index is 13.3. The first kappa shape index (κ1) is 60.3. The van der Waals surface area contributed by atoms with E-state index in [9.17, 15) is 14.4 Å². The van der Waals surface area contributed by atoms with Crippen LogP contribution in [0.3, 0.4) is 0 Å². The van der Waals surface area contributed by atoms with Crippen molar-refractivity contribution >= 4 is 17.9 Å². The van der Waals surface area contributed by atoms with Crippen LogP contribution in [-0.4, -0.2) is 87.3 Å². The van der Waals surface area contributed by atoms with Crippen LogP contribution in [0.25, 0.3) is 0 Å². The molecule has 0 aliphatic carbocycles. The lowest BCUT2D eigenvalue weighted by Crippen LogP contribution is -2.44.